The average Bonchev–Trinajstić information content (AvgIpc) is 3.59. The first-order chi connectivity index (χ1) is 16.4. The van der Waals surface area contributed by atoms with E-state index in [-0.39, 0.29) is 43.1 Å². The quantitative estimate of drug-likeness (QED) is 0.454. The molecule has 4 rings (SSSR count). The van der Waals surface area contributed by atoms with Crippen LogP contribution in [-0.4, -0.2) is 41.5 Å². The number of carboxylic acid groups (broad SMARTS) is 1. The molecule has 1 saturated heterocycles. The van der Waals surface area contributed by atoms with E-state index in [1.807, 2.05) is 30.3 Å². The summed E-state index contributed by atoms with van der Waals surface area (Å²) < 4.78 is 0. The highest BCUT2D eigenvalue weighted by Gasteiger charge is 2.39. The van der Waals surface area contributed by atoms with E-state index in [4.69, 9.17) is 5.11 Å². The molecule has 0 aromatic heterocycles. The Hall–Kier alpha value is -3.88. The van der Waals surface area contributed by atoms with Crippen LogP contribution in [0.4, 0.5) is 16.2 Å². The summed E-state index contributed by atoms with van der Waals surface area (Å²) >= 11 is 0. The standard InChI is InChI=1S/C25H28N4O5/c30-22-11-18(24(33)28-21(13-23(31)32)17-9-10-17)15-29(22)20-8-4-7-19(12-20)27-25(34)26-14-16-5-2-1-3-6-16/h1-8,12,17-18,21H,9-11,13-15H2,(H,28,33)(H,31,32)(H2,26,27,34). The topological polar surface area (TPSA) is 128 Å². The molecule has 2 aromatic carbocycles. The van der Waals surface area contributed by atoms with Crippen molar-refractivity contribution in [3.05, 3.63) is 60.2 Å². The van der Waals surface area contributed by atoms with Crippen LogP contribution >= 0.6 is 0 Å². The molecule has 0 bridgehead atoms. The molecular formula is C25H28N4O5. The Balaban J connectivity index is 1.33. The third-order valence-corrected chi connectivity index (χ3v) is 6.12. The summed E-state index contributed by atoms with van der Waals surface area (Å²) in [4.78, 5) is 50.3. The molecule has 2 atom stereocenters. The van der Waals surface area contributed by atoms with E-state index < -0.39 is 17.9 Å². The predicted molar refractivity (Wildman–Crippen MR) is 126 cm³/mol. The monoisotopic (exact) mass is 464 g/mol. The molecule has 2 aliphatic rings. The minimum atomic E-state index is -0.946. The molecule has 2 fully saturated rings. The second-order valence-corrected chi connectivity index (χ2v) is 8.80. The fourth-order valence-electron chi connectivity index (χ4n) is 4.16. The van der Waals surface area contributed by atoms with Gasteiger partial charge in [-0.15, -0.1) is 0 Å². The molecule has 1 aliphatic carbocycles. The van der Waals surface area contributed by atoms with Crippen molar-refractivity contribution in [2.75, 3.05) is 16.8 Å². The molecule has 0 radical (unpaired) electrons. The summed E-state index contributed by atoms with van der Waals surface area (Å²) in [6, 6.07) is 15.7. The molecule has 4 N–H and O–H groups in total. The number of urea groups is 1. The van der Waals surface area contributed by atoms with Gasteiger partial charge in [-0.2, -0.15) is 0 Å². The summed E-state index contributed by atoms with van der Waals surface area (Å²) in [7, 11) is 0. The lowest BCUT2D eigenvalue weighted by Crippen LogP contribution is -2.42. The lowest BCUT2D eigenvalue weighted by Gasteiger charge is -2.20. The number of carboxylic acids is 1. The number of carbonyl (C=O) groups excluding carboxylic acids is 3. The molecule has 1 heterocycles. The number of benzene rings is 2. The Labute approximate surface area is 197 Å². The molecular weight excluding hydrogens is 436 g/mol. The van der Waals surface area contributed by atoms with E-state index in [0.29, 0.717) is 17.9 Å². The van der Waals surface area contributed by atoms with Crippen LogP contribution in [0.3, 0.4) is 0 Å². The van der Waals surface area contributed by atoms with E-state index in [9.17, 15) is 19.2 Å². The molecule has 0 spiro atoms. The van der Waals surface area contributed by atoms with Crippen LogP contribution in [-0.2, 0) is 20.9 Å². The van der Waals surface area contributed by atoms with Gasteiger partial charge in [0.25, 0.3) is 0 Å². The number of hydrogen-bond acceptors (Lipinski definition) is 4. The third kappa shape index (κ3) is 6.12. The van der Waals surface area contributed by atoms with Crippen molar-refractivity contribution in [1.82, 2.24) is 10.6 Å². The van der Waals surface area contributed by atoms with E-state index in [1.54, 1.807) is 24.3 Å². The van der Waals surface area contributed by atoms with Gasteiger partial charge < -0.3 is 26.0 Å². The first kappa shape index (κ1) is 23.3. The number of rotatable bonds is 9. The summed E-state index contributed by atoms with van der Waals surface area (Å²) in [6.07, 6.45) is 1.77. The zero-order valence-electron chi connectivity index (χ0n) is 18.7. The SMILES string of the molecule is O=C(O)CC(NC(=O)C1CC(=O)N(c2cccc(NC(=O)NCc3ccccc3)c2)C1)C1CC1. The van der Waals surface area contributed by atoms with Gasteiger partial charge in [0.2, 0.25) is 11.8 Å². The maximum Gasteiger partial charge on any atom is 0.319 e. The number of carbonyl (C=O) groups is 4. The molecule has 34 heavy (non-hydrogen) atoms. The third-order valence-electron chi connectivity index (χ3n) is 6.12. The van der Waals surface area contributed by atoms with Gasteiger partial charge in [0, 0.05) is 36.9 Å². The highest BCUT2D eigenvalue weighted by molar-refractivity contribution is 6.01. The van der Waals surface area contributed by atoms with Crippen LogP contribution in [0.1, 0.15) is 31.2 Å². The number of hydrogen-bond donors (Lipinski definition) is 4. The van der Waals surface area contributed by atoms with Crippen molar-refractivity contribution in [2.24, 2.45) is 11.8 Å². The van der Waals surface area contributed by atoms with Gasteiger partial charge in [0.15, 0.2) is 0 Å². The minimum absolute atomic E-state index is 0.0610. The van der Waals surface area contributed by atoms with Crippen molar-refractivity contribution in [3.63, 3.8) is 0 Å². The Bertz CT molecular complexity index is 1070. The highest BCUT2D eigenvalue weighted by Crippen LogP contribution is 2.34. The first-order valence-electron chi connectivity index (χ1n) is 11.4. The van der Waals surface area contributed by atoms with E-state index in [2.05, 4.69) is 16.0 Å². The van der Waals surface area contributed by atoms with Crippen molar-refractivity contribution >= 4 is 35.2 Å². The Kier molecular flexibility index (Phi) is 7.10. The number of anilines is 2. The number of aliphatic carboxylic acids is 1. The summed E-state index contributed by atoms with van der Waals surface area (Å²) in [5.74, 6) is -1.77. The smallest absolute Gasteiger partial charge is 0.319 e. The van der Waals surface area contributed by atoms with Gasteiger partial charge in [-0.1, -0.05) is 36.4 Å². The van der Waals surface area contributed by atoms with Crippen LogP contribution in [0.25, 0.3) is 0 Å². The van der Waals surface area contributed by atoms with Gasteiger partial charge in [-0.3, -0.25) is 14.4 Å². The Morgan fingerprint density at radius 3 is 2.53 bits per heavy atom. The molecule has 4 amide bonds. The highest BCUT2D eigenvalue weighted by atomic mass is 16.4. The minimum Gasteiger partial charge on any atom is -0.481 e. The summed E-state index contributed by atoms with van der Waals surface area (Å²) in [5.41, 5.74) is 2.09. The molecule has 1 saturated carbocycles. The Morgan fingerprint density at radius 1 is 1.06 bits per heavy atom. The maximum atomic E-state index is 12.7. The zero-order chi connectivity index (χ0) is 24.1. The summed E-state index contributed by atoms with van der Waals surface area (Å²) in [6.45, 7) is 0.594. The van der Waals surface area contributed by atoms with E-state index in [0.717, 1.165) is 18.4 Å². The first-order valence-corrected chi connectivity index (χ1v) is 11.4. The van der Waals surface area contributed by atoms with Gasteiger partial charge >= 0.3 is 12.0 Å². The number of nitrogens with one attached hydrogen (secondary N) is 3. The van der Waals surface area contributed by atoms with E-state index in [1.165, 1.54) is 4.90 Å². The van der Waals surface area contributed by atoms with Crippen molar-refractivity contribution < 1.29 is 24.3 Å². The second kappa shape index (κ2) is 10.4. The molecule has 1 aliphatic heterocycles. The normalized spacial score (nSPS) is 18.3. The summed E-state index contributed by atoms with van der Waals surface area (Å²) in [5, 5.41) is 17.5. The van der Waals surface area contributed by atoms with Crippen LogP contribution in [0, 0.1) is 11.8 Å². The second-order valence-electron chi connectivity index (χ2n) is 8.80. The molecule has 9 nitrogen and oxygen atoms in total. The number of amides is 4. The largest absolute Gasteiger partial charge is 0.481 e. The van der Waals surface area contributed by atoms with Crippen molar-refractivity contribution in [2.45, 2.75) is 38.3 Å². The van der Waals surface area contributed by atoms with Gasteiger partial charge in [-0.05, 0) is 42.5 Å². The Morgan fingerprint density at radius 2 is 1.82 bits per heavy atom. The fraction of sp³-hybridized carbons (Fsp3) is 0.360. The van der Waals surface area contributed by atoms with Crippen LogP contribution < -0.4 is 20.9 Å². The van der Waals surface area contributed by atoms with Crippen molar-refractivity contribution in [3.8, 4) is 0 Å². The molecule has 178 valence electrons. The number of nitrogens with zero attached hydrogens (tertiary/aromatic N) is 1. The average molecular weight is 465 g/mol. The van der Waals surface area contributed by atoms with Gasteiger partial charge in [0.05, 0.1) is 12.3 Å². The van der Waals surface area contributed by atoms with Crippen LogP contribution in [0.15, 0.2) is 54.6 Å². The zero-order valence-corrected chi connectivity index (χ0v) is 18.7. The van der Waals surface area contributed by atoms with E-state index >= 15 is 0 Å². The molecule has 2 aromatic rings. The molecule has 9 heteroatoms. The van der Waals surface area contributed by atoms with Gasteiger partial charge in [0.1, 0.15) is 0 Å². The van der Waals surface area contributed by atoms with Crippen molar-refractivity contribution in [1.29, 1.82) is 0 Å². The molecule has 2 unspecified atom stereocenters. The lowest BCUT2D eigenvalue weighted by atomic mass is 10.0. The maximum absolute atomic E-state index is 12.7. The van der Waals surface area contributed by atoms with Crippen LogP contribution in [0.5, 0.6) is 0 Å². The predicted octanol–water partition coefficient (Wildman–Crippen LogP) is 2.73. The fourth-order valence-corrected chi connectivity index (χ4v) is 4.16. The van der Waals surface area contributed by atoms with Crippen LogP contribution in [0.2, 0.25) is 0 Å². The lowest BCUT2D eigenvalue weighted by molar-refractivity contribution is -0.138. The van der Waals surface area contributed by atoms with Gasteiger partial charge in [-0.25, -0.2) is 4.79 Å².